The Balaban J connectivity index is 1.65. The molecule has 10 rings (SSSR count). The zero-order chi connectivity index (χ0) is 23.1. The normalized spacial score (nSPS) is 18.7. The summed E-state index contributed by atoms with van der Waals surface area (Å²) < 4.78 is 2.74. The van der Waals surface area contributed by atoms with Gasteiger partial charge in [-0.2, -0.15) is 0 Å². The molecule has 1 aliphatic heterocycles. The van der Waals surface area contributed by atoms with E-state index in [0.717, 1.165) is 0 Å². The van der Waals surface area contributed by atoms with Gasteiger partial charge >= 0.3 is 0 Å². The smallest absolute Gasteiger partial charge is 0.0632 e. The third kappa shape index (κ3) is 1.94. The van der Waals surface area contributed by atoms with E-state index in [0.29, 0.717) is 5.92 Å². The predicted octanol–water partition coefficient (Wildman–Crippen LogP) is 9.37. The van der Waals surface area contributed by atoms with Crippen LogP contribution in [0.2, 0.25) is 0 Å². The van der Waals surface area contributed by atoms with E-state index in [1.165, 1.54) is 85.1 Å². The summed E-state index contributed by atoms with van der Waals surface area (Å²) in [7, 11) is 0. The summed E-state index contributed by atoms with van der Waals surface area (Å²) >= 11 is 5.60. The second kappa shape index (κ2) is 6.21. The van der Waals surface area contributed by atoms with Crippen LogP contribution in [0.5, 0.6) is 0 Å². The second-order valence-corrected chi connectivity index (χ2v) is 12.7. The van der Waals surface area contributed by atoms with Gasteiger partial charge in [-0.3, -0.25) is 0 Å². The maximum atomic E-state index is 3.79. The van der Waals surface area contributed by atoms with Crippen LogP contribution in [-0.2, 0) is 0 Å². The lowest BCUT2D eigenvalue weighted by atomic mass is 9.75. The summed E-state index contributed by atoms with van der Waals surface area (Å²) in [6.45, 7) is 0. The number of aromatic amines is 2. The summed E-state index contributed by atoms with van der Waals surface area (Å²) in [6.07, 6.45) is 8.76. The fourth-order valence-electron chi connectivity index (χ4n) is 7.13. The maximum Gasteiger partial charge on any atom is 0.0632 e. The summed E-state index contributed by atoms with van der Waals surface area (Å²) in [6, 6.07) is 11.8. The van der Waals surface area contributed by atoms with Crippen LogP contribution in [0.4, 0.5) is 0 Å². The topological polar surface area (TPSA) is 43.6 Å². The minimum atomic E-state index is 0.233. The van der Waals surface area contributed by atoms with Gasteiger partial charge in [-0.05, 0) is 74.7 Å². The molecule has 3 aromatic carbocycles. The molecule has 2 atom stereocenters. The average Bonchev–Trinajstić information content (AvgIpc) is 3.73. The molecule has 2 aliphatic rings. The Labute approximate surface area is 216 Å². The number of hydrogen-bond acceptors (Lipinski definition) is 4. The highest BCUT2D eigenvalue weighted by molar-refractivity contribution is 7.19. The van der Waals surface area contributed by atoms with Crippen LogP contribution in [0, 0.1) is 0 Å². The van der Waals surface area contributed by atoms with E-state index in [-0.39, 0.29) is 6.04 Å². The van der Waals surface area contributed by atoms with E-state index in [4.69, 9.17) is 0 Å². The monoisotopic (exact) mass is 515 g/mol. The fraction of sp³-hybridized carbons (Fsp3) is 0.0667. The van der Waals surface area contributed by atoms with Crippen LogP contribution in [0.25, 0.3) is 74.6 Å². The van der Waals surface area contributed by atoms with Gasteiger partial charge in [0.1, 0.15) is 0 Å². The molecule has 3 nitrogen and oxygen atoms in total. The first-order valence-electron chi connectivity index (χ1n) is 12.2. The van der Waals surface area contributed by atoms with Gasteiger partial charge in [0.05, 0.1) is 17.1 Å². The van der Waals surface area contributed by atoms with Gasteiger partial charge in [0.25, 0.3) is 0 Å². The lowest BCUT2D eigenvalue weighted by Gasteiger charge is -2.32. The van der Waals surface area contributed by atoms with Crippen molar-refractivity contribution in [1.82, 2.24) is 15.3 Å². The SMILES string of the molecule is C1=CC2c3sccc3-c3c(c4c5ccsc5c5cc[nH]c5c4c4c5ccsc5c5cc[nH]c5c34)C2N1. The van der Waals surface area contributed by atoms with E-state index in [2.05, 4.69) is 86.4 Å². The van der Waals surface area contributed by atoms with Crippen LogP contribution in [0.1, 0.15) is 22.4 Å². The van der Waals surface area contributed by atoms with Crippen LogP contribution in [0.3, 0.4) is 0 Å². The molecule has 8 aromatic rings. The zero-order valence-electron chi connectivity index (χ0n) is 18.8. The van der Waals surface area contributed by atoms with E-state index >= 15 is 0 Å². The highest BCUT2D eigenvalue weighted by Gasteiger charge is 2.39. The average molecular weight is 516 g/mol. The Hall–Kier alpha value is -3.58. The van der Waals surface area contributed by atoms with Crippen molar-refractivity contribution in [3.63, 3.8) is 0 Å². The van der Waals surface area contributed by atoms with Crippen LogP contribution in [0.15, 0.2) is 71.1 Å². The molecule has 0 amide bonds. The lowest BCUT2D eigenvalue weighted by Crippen LogP contribution is -2.21. The fourth-order valence-corrected chi connectivity index (χ4v) is 10.0. The highest BCUT2D eigenvalue weighted by atomic mass is 32.1. The van der Waals surface area contributed by atoms with Crippen molar-refractivity contribution < 1.29 is 0 Å². The molecule has 5 aromatic heterocycles. The zero-order valence-corrected chi connectivity index (χ0v) is 21.3. The van der Waals surface area contributed by atoms with Crippen molar-refractivity contribution in [1.29, 1.82) is 0 Å². The first-order valence-corrected chi connectivity index (χ1v) is 14.8. The van der Waals surface area contributed by atoms with E-state index in [1.54, 1.807) is 0 Å². The molecule has 0 saturated carbocycles. The molecule has 1 aliphatic carbocycles. The third-order valence-electron chi connectivity index (χ3n) is 8.41. The van der Waals surface area contributed by atoms with Crippen molar-refractivity contribution in [3.8, 4) is 11.1 Å². The standard InChI is InChI=1S/C30H17N3S3/c1-7-31-25-16(1)28-13(4-10-34-28)19-22(25)20-14-5-11-35-29(14)18-3-9-33-27(18)24(20)21-15-6-12-36-30(15)17-2-8-32-26(17)23(19)21/h1-12,16,25,31-33H. The molecule has 0 radical (unpaired) electrons. The van der Waals surface area contributed by atoms with Gasteiger partial charge in [-0.25, -0.2) is 0 Å². The van der Waals surface area contributed by atoms with Crippen LogP contribution >= 0.6 is 34.0 Å². The van der Waals surface area contributed by atoms with Crippen molar-refractivity contribution in [2.75, 3.05) is 0 Å². The molecule has 170 valence electrons. The van der Waals surface area contributed by atoms with Gasteiger partial charge in [0, 0.05) is 70.3 Å². The molecule has 0 bridgehead atoms. The summed E-state index contributed by atoms with van der Waals surface area (Å²) in [5, 5.41) is 21.5. The van der Waals surface area contributed by atoms with E-state index < -0.39 is 0 Å². The van der Waals surface area contributed by atoms with Gasteiger partial charge in [-0.1, -0.05) is 6.08 Å². The minimum absolute atomic E-state index is 0.233. The number of nitrogens with one attached hydrogen (secondary N) is 3. The Morgan fingerprint density at radius 3 is 2.11 bits per heavy atom. The number of rotatable bonds is 0. The molecule has 3 N–H and O–H groups in total. The largest absolute Gasteiger partial charge is 0.383 e. The quantitative estimate of drug-likeness (QED) is 0.173. The van der Waals surface area contributed by atoms with Crippen molar-refractivity contribution in [2.24, 2.45) is 0 Å². The molecule has 0 saturated heterocycles. The van der Waals surface area contributed by atoms with Gasteiger partial charge in [-0.15, -0.1) is 34.0 Å². The first-order chi connectivity index (χ1) is 17.9. The van der Waals surface area contributed by atoms with Crippen molar-refractivity contribution >= 4 is 97.5 Å². The number of H-pyrrole nitrogens is 2. The number of fused-ring (bicyclic) bond motifs is 21. The van der Waals surface area contributed by atoms with Gasteiger partial charge in [0.2, 0.25) is 0 Å². The van der Waals surface area contributed by atoms with Crippen molar-refractivity contribution in [3.05, 3.63) is 81.6 Å². The van der Waals surface area contributed by atoms with E-state index in [9.17, 15) is 0 Å². The van der Waals surface area contributed by atoms with Gasteiger partial charge < -0.3 is 15.3 Å². The number of thiophene rings is 3. The molecule has 6 heteroatoms. The molecule has 36 heavy (non-hydrogen) atoms. The number of aromatic nitrogens is 2. The molecule has 6 heterocycles. The summed E-state index contributed by atoms with van der Waals surface area (Å²) in [5.74, 6) is 0.366. The molecule has 0 spiro atoms. The third-order valence-corrected chi connectivity index (χ3v) is 11.3. The second-order valence-electron chi connectivity index (χ2n) is 9.88. The summed E-state index contributed by atoms with van der Waals surface area (Å²) in [5.41, 5.74) is 6.76. The maximum absolute atomic E-state index is 3.79. The molecular formula is C30H17N3S3. The van der Waals surface area contributed by atoms with Crippen LogP contribution in [-0.4, -0.2) is 9.97 Å². The van der Waals surface area contributed by atoms with Crippen LogP contribution < -0.4 is 5.32 Å². The predicted molar refractivity (Wildman–Crippen MR) is 157 cm³/mol. The molecular weight excluding hydrogens is 499 g/mol. The highest BCUT2D eigenvalue weighted by Crippen LogP contribution is 2.59. The van der Waals surface area contributed by atoms with Gasteiger partial charge in [0.15, 0.2) is 0 Å². The Morgan fingerprint density at radius 1 is 0.639 bits per heavy atom. The Morgan fingerprint density at radius 2 is 1.33 bits per heavy atom. The Kier molecular flexibility index (Phi) is 3.22. The number of hydrogen-bond donors (Lipinski definition) is 3. The van der Waals surface area contributed by atoms with Crippen molar-refractivity contribution in [2.45, 2.75) is 12.0 Å². The van der Waals surface area contributed by atoms with E-state index in [1.807, 2.05) is 34.0 Å². The Bertz CT molecular complexity index is 2260. The minimum Gasteiger partial charge on any atom is -0.383 e. The summed E-state index contributed by atoms with van der Waals surface area (Å²) in [4.78, 5) is 8.84. The first kappa shape index (κ1) is 18.7. The molecule has 2 unspecified atom stereocenters. The lowest BCUT2D eigenvalue weighted by molar-refractivity contribution is 0.611. The molecule has 0 fully saturated rings. The number of benzene rings is 3.